The van der Waals surface area contributed by atoms with Crippen molar-refractivity contribution in [2.75, 3.05) is 12.9 Å². The summed E-state index contributed by atoms with van der Waals surface area (Å²) >= 11 is 3.17. The van der Waals surface area contributed by atoms with E-state index >= 15 is 0 Å². The number of ketones is 1. The van der Waals surface area contributed by atoms with Gasteiger partial charge in [0.2, 0.25) is 0 Å². The molecule has 0 bridgehead atoms. The molecule has 1 N–H and O–H groups in total. The highest BCUT2D eigenvalue weighted by molar-refractivity contribution is 8.01. The molecule has 7 rings (SSSR count). The van der Waals surface area contributed by atoms with Crippen molar-refractivity contribution in [3.05, 3.63) is 47.3 Å². The molecule has 2 aromatic heterocycles. The minimum absolute atomic E-state index is 0.0764. The predicted molar refractivity (Wildman–Crippen MR) is 170 cm³/mol. The summed E-state index contributed by atoms with van der Waals surface area (Å²) in [5, 5.41) is 16.9. The van der Waals surface area contributed by atoms with Gasteiger partial charge in [0.1, 0.15) is 5.60 Å². The van der Waals surface area contributed by atoms with Gasteiger partial charge in [-0.15, -0.1) is 11.3 Å². The van der Waals surface area contributed by atoms with E-state index < -0.39 is 17.1 Å². The lowest BCUT2D eigenvalue weighted by atomic mass is 9.45. The lowest BCUT2D eigenvalue weighted by Crippen LogP contribution is -2.62. The lowest BCUT2D eigenvalue weighted by molar-refractivity contribution is -0.185. The van der Waals surface area contributed by atoms with Crippen LogP contribution in [-0.2, 0) is 21.5 Å². The number of rotatable bonds is 5. The Labute approximate surface area is 257 Å². The van der Waals surface area contributed by atoms with Gasteiger partial charge in [-0.3, -0.25) is 9.48 Å². The molecule has 0 spiro atoms. The van der Waals surface area contributed by atoms with E-state index in [1.165, 1.54) is 28.6 Å². The smallest absolute Gasteiger partial charge is 0.175 e. The molecule has 42 heavy (non-hydrogen) atoms. The van der Waals surface area contributed by atoms with Crippen LogP contribution in [0.25, 0.3) is 16.3 Å². The molecular weight excluding hydrogens is 563 g/mol. The maximum Gasteiger partial charge on any atom is 0.175 e. The maximum absolute atomic E-state index is 14.2. The number of nitrogens with zero attached hydrogens (tertiary/aromatic N) is 3. The average molecular weight is 606 g/mol. The highest BCUT2D eigenvalue weighted by Gasteiger charge is 2.69. The van der Waals surface area contributed by atoms with Crippen LogP contribution < -0.4 is 0 Å². The molecule has 0 radical (unpaired) electrons. The molecule has 8 heteroatoms. The second kappa shape index (κ2) is 9.75. The SMILES string of the molecule is COC1(C(=O)CSc2nc3ccccc3s2)CCC2C3CCC4=Cc5c(cnn5C(C)(C)C)CC4(C)C3C(O)CC21C. The van der Waals surface area contributed by atoms with Gasteiger partial charge < -0.3 is 9.84 Å². The number of aliphatic hydroxyl groups is 1. The zero-order valence-corrected chi connectivity index (χ0v) is 27.3. The van der Waals surface area contributed by atoms with Crippen molar-refractivity contribution in [2.45, 2.75) is 94.7 Å². The molecule has 4 aliphatic rings. The number of Topliss-reactive ketones (excluding diaryl/α,β-unsaturated/α-hetero) is 1. The minimum Gasteiger partial charge on any atom is -0.393 e. The van der Waals surface area contributed by atoms with Crippen LogP contribution >= 0.6 is 23.1 Å². The number of benzene rings is 1. The lowest BCUT2D eigenvalue weighted by Gasteiger charge is -2.61. The number of aromatic nitrogens is 3. The second-order valence-electron chi connectivity index (χ2n) is 14.7. The fourth-order valence-corrected chi connectivity index (χ4v) is 11.8. The first-order valence-electron chi connectivity index (χ1n) is 15.4. The van der Waals surface area contributed by atoms with Crippen molar-refractivity contribution in [3.8, 4) is 0 Å². The number of para-hydroxylation sites is 1. The third-order valence-electron chi connectivity index (χ3n) is 11.6. The highest BCUT2D eigenvalue weighted by Crippen LogP contribution is 2.68. The van der Waals surface area contributed by atoms with Crippen LogP contribution in [0.1, 0.15) is 78.0 Å². The number of aliphatic hydroxyl groups excluding tert-OH is 1. The molecule has 7 atom stereocenters. The summed E-state index contributed by atoms with van der Waals surface area (Å²) < 4.78 is 10.5. The monoisotopic (exact) mass is 605 g/mol. The van der Waals surface area contributed by atoms with E-state index in [4.69, 9.17) is 14.8 Å². The van der Waals surface area contributed by atoms with E-state index in [1.807, 2.05) is 18.2 Å². The average Bonchev–Trinajstić information content (AvgIpc) is 3.62. The molecule has 4 aliphatic carbocycles. The zero-order valence-electron chi connectivity index (χ0n) is 25.6. The molecule has 0 saturated heterocycles. The molecule has 3 aromatic rings. The molecule has 0 aliphatic heterocycles. The normalized spacial score (nSPS) is 35.7. The van der Waals surface area contributed by atoms with E-state index in [2.05, 4.69) is 57.6 Å². The number of carbonyl (C=O) groups is 1. The summed E-state index contributed by atoms with van der Waals surface area (Å²) in [5.74, 6) is 1.36. The Morgan fingerprint density at radius 1 is 1.24 bits per heavy atom. The van der Waals surface area contributed by atoms with Gasteiger partial charge in [-0.25, -0.2) is 4.98 Å². The van der Waals surface area contributed by atoms with Crippen molar-refractivity contribution < 1.29 is 14.6 Å². The number of hydrogen-bond acceptors (Lipinski definition) is 7. The molecule has 2 heterocycles. The molecule has 1 aromatic carbocycles. The van der Waals surface area contributed by atoms with Gasteiger partial charge in [0.25, 0.3) is 0 Å². The molecule has 3 fully saturated rings. The van der Waals surface area contributed by atoms with Crippen LogP contribution in [0.15, 0.2) is 40.4 Å². The Bertz CT molecular complexity index is 1550. The minimum atomic E-state index is -0.877. The number of fused-ring (bicyclic) bond motifs is 7. The van der Waals surface area contributed by atoms with Crippen molar-refractivity contribution in [1.82, 2.24) is 14.8 Å². The molecule has 0 amide bonds. The van der Waals surface area contributed by atoms with Crippen molar-refractivity contribution in [1.29, 1.82) is 0 Å². The topological polar surface area (TPSA) is 77.2 Å². The third-order valence-corrected chi connectivity index (χ3v) is 13.8. The Balaban J connectivity index is 1.16. The van der Waals surface area contributed by atoms with Gasteiger partial charge in [-0.2, -0.15) is 5.10 Å². The van der Waals surface area contributed by atoms with Gasteiger partial charge in [0.15, 0.2) is 10.1 Å². The summed E-state index contributed by atoms with van der Waals surface area (Å²) in [5.41, 5.74) is 3.51. The number of allylic oxidation sites excluding steroid dienone is 1. The van der Waals surface area contributed by atoms with Crippen LogP contribution in [0.3, 0.4) is 0 Å². The standard InChI is InChI=1S/C34H43N3O3S2/c1-31(2,3)37-25-15-21-11-12-22-23-13-14-34(40-6,28(39)19-41-30-36-24-9-7-8-10-27(24)42-30)33(23,5)17-26(38)29(22)32(21,4)16-20(25)18-35-37/h7-10,15,18,22-23,26,29,38H,11-14,16-17,19H2,1-6H3. The number of thiazole rings is 1. The number of carbonyl (C=O) groups excluding carboxylic acids is 1. The van der Waals surface area contributed by atoms with Gasteiger partial charge >= 0.3 is 0 Å². The first kappa shape index (κ1) is 28.8. The van der Waals surface area contributed by atoms with Gasteiger partial charge in [0.05, 0.1) is 39.5 Å². The molecule has 6 nitrogen and oxygen atoms in total. The quantitative estimate of drug-likeness (QED) is 0.311. The molecule has 3 saturated carbocycles. The number of hydrogen-bond donors (Lipinski definition) is 1. The fraction of sp³-hybridized carbons (Fsp3) is 0.618. The Morgan fingerprint density at radius 2 is 2.02 bits per heavy atom. The van der Waals surface area contributed by atoms with Gasteiger partial charge in [-0.1, -0.05) is 43.3 Å². The number of methoxy groups -OCH3 is 1. The predicted octanol–water partition coefficient (Wildman–Crippen LogP) is 7.15. The Kier molecular flexibility index (Phi) is 6.67. The van der Waals surface area contributed by atoms with E-state index in [0.717, 1.165) is 46.7 Å². The van der Waals surface area contributed by atoms with Crippen LogP contribution in [-0.4, -0.2) is 50.2 Å². The molecule has 7 unspecified atom stereocenters. The number of ether oxygens (including phenoxy) is 1. The first-order valence-corrected chi connectivity index (χ1v) is 17.2. The second-order valence-corrected chi connectivity index (χ2v) is 16.9. The van der Waals surface area contributed by atoms with Crippen LogP contribution in [0.4, 0.5) is 0 Å². The largest absolute Gasteiger partial charge is 0.393 e. The van der Waals surface area contributed by atoms with Gasteiger partial charge in [0, 0.05) is 12.5 Å². The van der Waals surface area contributed by atoms with Crippen molar-refractivity contribution in [3.63, 3.8) is 0 Å². The summed E-state index contributed by atoms with van der Waals surface area (Å²) in [7, 11) is 1.71. The third kappa shape index (κ3) is 4.00. The van der Waals surface area contributed by atoms with Gasteiger partial charge in [-0.05, 0) is 106 Å². The van der Waals surface area contributed by atoms with E-state index in [-0.39, 0.29) is 22.7 Å². The summed E-state index contributed by atoms with van der Waals surface area (Å²) in [6.07, 6.45) is 9.26. The van der Waals surface area contributed by atoms with E-state index in [9.17, 15) is 9.90 Å². The molecular formula is C34H43N3O3S2. The van der Waals surface area contributed by atoms with Crippen molar-refractivity contribution >= 4 is 45.2 Å². The summed E-state index contributed by atoms with van der Waals surface area (Å²) in [4.78, 5) is 18.9. The molecule has 224 valence electrons. The van der Waals surface area contributed by atoms with Crippen LogP contribution in [0.2, 0.25) is 0 Å². The van der Waals surface area contributed by atoms with E-state index in [1.54, 1.807) is 18.4 Å². The van der Waals surface area contributed by atoms with Crippen LogP contribution in [0, 0.1) is 28.6 Å². The van der Waals surface area contributed by atoms with E-state index in [0.29, 0.717) is 24.0 Å². The maximum atomic E-state index is 14.2. The number of thioether (sulfide) groups is 1. The Hall–Kier alpha value is -2.00. The highest BCUT2D eigenvalue weighted by atomic mass is 32.2. The summed E-state index contributed by atoms with van der Waals surface area (Å²) in [6.45, 7) is 11.2. The first-order chi connectivity index (χ1) is 19.9. The Morgan fingerprint density at radius 3 is 2.76 bits per heavy atom. The summed E-state index contributed by atoms with van der Waals surface area (Å²) in [6, 6.07) is 8.12. The van der Waals surface area contributed by atoms with Crippen LogP contribution in [0.5, 0.6) is 0 Å². The zero-order chi connectivity index (χ0) is 29.7. The fourth-order valence-electron chi connectivity index (χ4n) is 9.77. The van der Waals surface area contributed by atoms with Crippen molar-refractivity contribution in [2.24, 2.45) is 28.6 Å².